The molecule has 0 saturated carbocycles. The average molecular weight is 438 g/mol. The Bertz CT molecular complexity index is 1060. The number of nitrogens with zero attached hydrogens (tertiary/aromatic N) is 3. The summed E-state index contributed by atoms with van der Waals surface area (Å²) in [6.07, 6.45) is 0. The number of amides is 1. The molecule has 1 saturated heterocycles. The molecule has 1 aliphatic heterocycles. The Labute approximate surface area is 188 Å². The zero-order chi connectivity index (χ0) is 21.8. The summed E-state index contributed by atoms with van der Waals surface area (Å²) in [6, 6.07) is 20.3. The molecule has 31 heavy (non-hydrogen) atoms. The number of likely N-dealkylation sites (N-methyl/N-ethyl adjacent to an activating group) is 1. The Morgan fingerprint density at radius 3 is 2.48 bits per heavy atom. The minimum absolute atomic E-state index is 0.144. The average Bonchev–Trinajstić information content (AvgIpc) is 2.79. The van der Waals surface area contributed by atoms with E-state index < -0.39 is 0 Å². The lowest BCUT2D eigenvalue weighted by Crippen LogP contribution is -2.49. The maximum atomic E-state index is 12.8. The van der Waals surface area contributed by atoms with Crippen LogP contribution >= 0.6 is 11.6 Å². The van der Waals surface area contributed by atoms with Crippen molar-refractivity contribution < 1.29 is 9.53 Å². The van der Waals surface area contributed by atoms with Crippen LogP contribution < -0.4 is 9.64 Å². The largest absolute Gasteiger partial charge is 0.497 e. The second-order valence-corrected chi connectivity index (χ2v) is 8.48. The van der Waals surface area contributed by atoms with Gasteiger partial charge in [0, 0.05) is 50.5 Å². The van der Waals surface area contributed by atoms with Gasteiger partial charge in [0.1, 0.15) is 5.75 Å². The molecule has 3 aromatic rings. The Morgan fingerprint density at radius 2 is 1.74 bits per heavy atom. The third-order valence-corrected chi connectivity index (χ3v) is 6.10. The number of benzene rings is 3. The highest BCUT2D eigenvalue weighted by Crippen LogP contribution is 2.23. The normalized spacial score (nSPS) is 14.6. The highest BCUT2D eigenvalue weighted by molar-refractivity contribution is 6.30. The summed E-state index contributed by atoms with van der Waals surface area (Å²) < 4.78 is 5.29. The van der Waals surface area contributed by atoms with E-state index in [9.17, 15) is 4.79 Å². The van der Waals surface area contributed by atoms with E-state index in [1.165, 1.54) is 0 Å². The van der Waals surface area contributed by atoms with Crippen LogP contribution in [0.2, 0.25) is 5.02 Å². The highest BCUT2D eigenvalue weighted by Gasteiger charge is 2.21. The Hall–Kier alpha value is -2.76. The lowest BCUT2D eigenvalue weighted by Gasteiger charge is -2.36. The van der Waals surface area contributed by atoms with Gasteiger partial charge in [-0.2, -0.15) is 0 Å². The van der Waals surface area contributed by atoms with E-state index in [1.54, 1.807) is 7.11 Å². The number of piperazine rings is 1. The van der Waals surface area contributed by atoms with Crippen LogP contribution in [-0.2, 0) is 11.3 Å². The molecule has 5 nitrogen and oxygen atoms in total. The molecule has 6 heteroatoms. The summed E-state index contributed by atoms with van der Waals surface area (Å²) in [6.45, 7) is 4.57. The first-order chi connectivity index (χ1) is 15.0. The third kappa shape index (κ3) is 5.30. The molecule has 162 valence electrons. The first-order valence-electron chi connectivity index (χ1n) is 10.6. The van der Waals surface area contributed by atoms with Gasteiger partial charge < -0.3 is 14.5 Å². The van der Waals surface area contributed by atoms with Crippen molar-refractivity contribution >= 4 is 34.0 Å². The number of hydrogen-bond donors (Lipinski definition) is 0. The van der Waals surface area contributed by atoms with E-state index in [1.807, 2.05) is 42.3 Å². The van der Waals surface area contributed by atoms with Gasteiger partial charge in [0.25, 0.3) is 0 Å². The van der Waals surface area contributed by atoms with E-state index in [-0.39, 0.29) is 5.91 Å². The van der Waals surface area contributed by atoms with Gasteiger partial charge in [0.2, 0.25) is 5.91 Å². The smallest absolute Gasteiger partial charge is 0.236 e. The fourth-order valence-electron chi connectivity index (χ4n) is 4.01. The second-order valence-electron chi connectivity index (χ2n) is 8.04. The molecule has 3 aromatic carbocycles. The summed E-state index contributed by atoms with van der Waals surface area (Å²) in [5.74, 6) is 0.994. The Morgan fingerprint density at radius 1 is 1.00 bits per heavy atom. The van der Waals surface area contributed by atoms with Crippen LogP contribution in [0.3, 0.4) is 0 Å². The molecule has 0 N–H and O–H groups in total. The number of methoxy groups -OCH3 is 1. The van der Waals surface area contributed by atoms with Crippen molar-refractivity contribution in [1.82, 2.24) is 9.80 Å². The van der Waals surface area contributed by atoms with E-state index in [0.717, 1.165) is 59.0 Å². The number of halogens is 1. The molecule has 4 rings (SSSR count). The lowest BCUT2D eigenvalue weighted by molar-refractivity contribution is -0.131. The van der Waals surface area contributed by atoms with E-state index in [2.05, 4.69) is 40.1 Å². The fraction of sp³-hybridized carbons (Fsp3) is 0.320. The van der Waals surface area contributed by atoms with Crippen molar-refractivity contribution in [2.45, 2.75) is 6.54 Å². The van der Waals surface area contributed by atoms with Crippen LogP contribution in [-0.4, -0.2) is 62.6 Å². The molecule has 1 heterocycles. The number of ether oxygens (including phenoxy) is 1. The van der Waals surface area contributed by atoms with Crippen molar-refractivity contribution in [2.75, 3.05) is 51.8 Å². The number of carbonyl (C=O) groups excluding carboxylic acids is 1. The summed E-state index contributed by atoms with van der Waals surface area (Å²) >= 11 is 6.12. The molecule has 0 unspecified atom stereocenters. The highest BCUT2D eigenvalue weighted by atomic mass is 35.5. The third-order valence-electron chi connectivity index (χ3n) is 5.86. The zero-order valence-electron chi connectivity index (χ0n) is 18.1. The Balaban J connectivity index is 1.30. The quantitative estimate of drug-likeness (QED) is 0.576. The van der Waals surface area contributed by atoms with Crippen molar-refractivity contribution in [3.8, 4) is 5.75 Å². The molecule has 0 aliphatic carbocycles. The SMILES string of the molecule is COc1ccc2cc(CN(C)C(=O)CN3CCN(c4cccc(Cl)c4)CC3)ccc2c1. The van der Waals surface area contributed by atoms with Gasteiger partial charge in [-0.05, 0) is 52.7 Å². The van der Waals surface area contributed by atoms with Gasteiger partial charge in [-0.3, -0.25) is 9.69 Å². The number of fused-ring (bicyclic) bond motifs is 1. The topological polar surface area (TPSA) is 36.0 Å². The van der Waals surface area contributed by atoms with Gasteiger partial charge in [-0.1, -0.05) is 35.9 Å². The van der Waals surface area contributed by atoms with Gasteiger partial charge >= 0.3 is 0 Å². The molecule has 0 bridgehead atoms. The minimum Gasteiger partial charge on any atom is -0.497 e. The van der Waals surface area contributed by atoms with Crippen molar-refractivity contribution in [2.24, 2.45) is 0 Å². The van der Waals surface area contributed by atoms with Crippen LogP contribution in [0.1, 0.15) is 5.56 Å². The number of hydrogen-bond acceptors (Lipinski definition) is 4. The molecule has 0 spiro atoms. The van der Waals surface area contributed by atoms with Gasteiger partial charge in [-0.15, -0.1) is 0 Å². The molecule has 0 aromatic heterocycles. The lowest BCUT2D eigenvalue weighted by atomic mass is 10.1. The molecule has 0 atom stereocenters. The molecular weight excluding hydrogens is 410 g/mol. The number of rotatable bonds is 6. The summed E-state index contributed by atoms with van der Waals surface area (Å²) in [5.41, 5.74) is 2.27. The second kappa shape index (κ2) is 9.58. The predicted molar refractivity (Wildman–Crippen MR) is 127 cm³/mol. The summed E-state index contributed by atoms with van der Waals surface area (Å²) in [4.78, 5) is 19.2. The van der Waals surface area contributed by atoms with E-state index >= 15 is 0 Å². The standard InChI is InChI=1S/C25H28ClN3O2/c1-27(17-19-6-7-21-15-24(31-2)9-8-20(21)14-19)25(30)18-28-10-12-29(13-11-28)23-5-3-4-22(26)16-23/h3-9,14-16H,10-13,17-18H2,1-2H3. The number of carbonyl (C=O) groups is 1. The zero-order valence-corrected chi connectivity index (χ0v) is 18.8. The van der Waals surface area contributed by atoms with Crippen LogP contribution in [0.4, 0.5) is 5.69 Å². The van der Waals surface area contributed by atoms with Gasteiger partial charge in [0.15, 0.2) is 0 Å². The van der Waals surface area contributed by atoms with Gasteiger partial charge in [0.05, 0.1) is 13.7 Å². The number of anilines is 1. The molecule has 0 radical (unpaired) electrons. The molecular formula is C25H28ClN3O2. The molecule has 1 amide bonds. The molecule has 1 aliphatic rings. The monoisotopic (exact) mass is 437 g/mol. The summed E-state index contributed by atoms with van der Waals surface area (Å²) in [5, 5.41) is 3.04. The fourth-order valence-corrected chi connectivity index (χ4v) is 4.19. The van der Waals surface area contributed by atoms with E-state index in [0.29, 0.717) is 13.1 Å². The first-order valence-corrected chi connectivity index (χ1v) is 10.9. The van der Waals surface area contributed by atoms with Crippen molar-refractivity contribution in [1.29, 1.82) is 0 Å². The minimum atomic E-state index is 0.144. The predicted octanol–water partition coefficient (Wildman–Crippen LogP) is 4.28. The van der Waals surface area contributed by atoms with Crippen molar-refractivity contribution in [3.63, 3.8) is 0 Å². The van der Waals surface area contributed by atoms with Crippen LogP contribution in [0.25, 0.3) is 10.8 Å². The summed E-state index contributed by atoms with van der Waals surface area (Å²) in [7, 11) is 3.55. The van der Waals surface area contributed by atoms with Crippen LogP contribution in [0, 0.1) is 0 Å². The van der Waals surface area contributed by atoms with Crippen molar-refractivity contribution in [3.05, 3.63) is 71.2 Å². The Kier molecular flexibility index (Phi) is 6.64. The van der Waals surface area contributed by atoms with Gasteiger partial charge in [-0.25, -0.2) is 0 Å². The maximum absolute atomic E-state index is 12.8. The first kappa shape index (κ1) is 21.5. The van der Waals surface area contributed by atoms with E-state index in [4.69, 9.17) is 16.3 Å². The maximum Gasteiger partial charge on any atom is 0.236 e. The van der Waals surface area contributed by atoms with Crippen LogP contribution in [0.5, 0.6) is 5.75 Å². The molecule has 1 fully saturated rings. The van der Waals surface area contributed by atoms with Crippen LogP contribution in [0.15, 0.2) is 60.7 Å².